The number of urea groups is 1. The zero-order chi connectivity index (χ0) is 18.2. The number of amides is 2. The molecule has 1 saturated heterocycles. The number of hydrogen-bond acceptors (Lipinski definition) is 3. The Labute approximate surface area is 146 Å². The van der Waals surface area contributed by atoms with E-state index in [-0.39, 0.29) is 17.9 Å². The summed E-state index contributed by atoms with van der Waals surface area (Å²) in [6.45, 7) is 2.04. The van der Waals surface area contributed by atoms with Gasteiger partial charge in [-0.2, -0.15) is 0 Å². The number of rotatable bonds is 2. The van der Waals surface area contributed by atoms with Gasteiger partial charge in [-0.15, -0.1) is 0 Å². The molecule has 1 atom stereocenters. The fourth-order valence-electron chi connectivity index (χ4n) is 3.60. The average Bonchev–Trinajstić information content (AvgIpc) is 2.65. The van der Waals surface area contributed by atoms with Crippen LogP contribution in [0.4, 0.5) is 13.6 Å². The zero-order valence-corrected chi connectivity index (χ0v) is 14.9. The summed E-state index contributed by atoms with van der Waals surface area (Å²) in [4.78, 5) is 13.9. The van der Waals surface area contributed by atoms with E-state index in [0.717, 1.165) is 12.5 Å². The fourth-order valence-corrected chi connectivity index (χ4v) is 5.80. The molecule has 1 spiro atoms. The third kappa shape index (κ3) is 3.23. The normalized spacial score (nSPS) is 22.8. The van der Waals surface area contributed by atoms with E-state index >= 15 is 0 Å². The molecular formula is C17H22F2N2O3S. The lowest BCUT2D eigenvalue weighted by molar-refractivity contribution is 0.192. The molecule has 0 radical (unpaired) electrons. The predicted octanol–water partition coefficient (Wildman–Crippen LogP) is 2.78. The molecular weight excluding hydrogens is 350 g/mol. The minimum absolute atomic E-state index is 0.0525. The van der Waals surface area contributed by atoms with Crippen LogP contribution in [0.5, 0.6) is 0 Å². The summed E-state index contributed by atoms with van der Waals surface area (Å²) in [5.41, 5.74) is 0.0613. The largest absolute Gasteiger partial charge is 0.331 e. The minimum atomic E-state index is -3.21. The van der Waals surface area contributed by atoms with E-state index in [2.05, 4.69) is 5.32 Å². The lowest BCUT2D eigenvalue weighted by Crippen LogP contribution is -2.46. The zero-order valence-electron chi connectivity index (χ0n) is 14.1. The van der Waals surface area contributed by atoms with Crippen LogP contribution in [-0.4, -0.2) is 42.9 Å². The number of carbonyl (C=O) groups is 1. The Morgan fingerprint density at radius 3 is 2.60 bits per heavy atom. The van der Waals surface area contributed by atoms with Crippen LogP contribution in [0.25, 0.3) is 0 Å². The van der Waals surface area contributed by atoms with Crippen LogP contribution in [0, 0.1) is 11.6 Å². The summed E-state index contributed by atoms with van der Waals surface area (Å²) in [5, 5.41) is 2.64. The summed E-state index contributed by atoms with van der Waals surface area (Å²) in [6, 6.07) is 2.64. The van der Waals surface area contributed by atoms with E-state index < -0.39 is 38.3 Å². The molecule has 0 aromatic heterocycles. The van der Waals surface area contributed by atoms with Gasteiger partial charge in [0.05, 0.1) is 16.5 Å². The number of hydrogen-bond donors (Lipinski definition) is 1. The highest BCUT2D eigenvalue weighted by Crippen LogP contribution is 2.43. The Balaban J connectivity index is 1.68. The second kappa shape index (κ2) is 6.55. The van der Waals surface area contributed by atoms with Gasteiger partial charge in [0.1, 0.15) is 0 Å². The predicted molar refractivity (Wildman–Crippen MR) is 89.9 cm³/mol. The van der Waals surface area contributed by atoms with Gasteiger partial charge in [-0.05, 0) is 32.3 Å². The molecule has 1 saturated carbocycles. The molecule has 8 heteroatoms. The number of benzene rings is 1. The van der Waals surface area contributed by atoms with E-state index in [1.165, 1.54) is 17.0 Å². The van der Waals surface area contributed by atoms with Gasteiger partial charge in [-0.3, -0.25) is 0 Å². The maximum atomic E-state index is 13.8. The van der Waals surface area contributed by atoms with E-state index in [1.807, 2.05) is 0 Å². The molecule has 1 heterocycles. The summed E-state index contributed by atoms with van der Waals surface area (Å²) in [5.74, 6) is -2.00. The number of carbonyl (C=O) groups excluding carboxylic acids is 1. The van der Waals surface area contributed by atoms with Gasteiger partial charge in [-0.1, -0.05) is 18.6 Å². The van der Waals surface area contributed by atoms with Crippen LogP contribution in [0.2, 0.25) is 0 Å². The van der Waals surface area contributed by atoms with Crippen LogP contribution >= 0.6 is 0 Å². The van der Waals surface area contributed by atoms with Gasteiger partial charge >= 0.3 is 6.03 Å². The smallest absolute Gasteiger partial charge is 0.317 e. The summed E-state index contributed by atoms with van der Waals surface area (Å²) in [6.07, 6.45) is 2.66. The first kappa shape index (κ1) is 18.1. The first-order valence-corrected chi connectivity index (χ1v) is 10.1. The number of nitrogens with zero attached hydrogens (tertiary/aromatic N) is 1. The quantitative estimate of drug-likeness (QED) is 0.868. The first-order chi connectivity index (χ1) is 11.8. The lowest BCUT2D eigenvalue weighted by Gasteiger charge is -2.39. The van der Waals surface area contributed by atoms with Crippen LogP contribution < -0.4 is 5.32 Å². The molecule has 1 aromatic carbocycles. The van der Waals surface area contributed by atoms with Crippen molar-refractivity contribution in [2.45, 2.75) is 43.4 Å². The first-order valence-electron chi connectivity index (χ1n) is 8.47. The van der Waals surface area contributed by atoms with E-state index in [0.29, 0.717) is 25.8 Å². The molecule has 1 aliphatic carbocycles. The van der Waals surface area contributed by atoms with Crippen LogP contribution in [-0.2, 0) is 9.84 Å². The topological polar surface area (TPSA) is 66.5 Å². The molecule has 25 heavy (non-hydrogen) atoms. The molecule has 3 rings (SSSR count). The molecule has 2 aliphatic rings. The van der Waals surface area contributed by atoms with Crippen LogP contribution in [0.1, 0.15) is 44.2 Å². The molecule has 1 aliphatic heterocycles. The summed E-state index contributed by atoms with van der Waals surface area (Å²) >= 11 is 0. The highest BCUT2D eigenvalue weighted by molar-refractivity contribution is 7.92. The maximum absolute atomic E-state index is 13.8. The SMILES string of the molecule is CC(NC(=O)N1CCC2(CCC2)S(=O)(=O)CC1)c1cccc(F)c1F. The third-order valence-electron chi connectivity index (χ3n) is 5.47. The molecule has 1 unspecified atom stereocenters. The lowest BCUT2D eigenvalue weighted by atomic mass is 9.81. The Kier molecular flexibility index (Phi) is 4.74. The van der Waals surface area contributed by atoms with Crippen LogP contribution in [0.15, 0.2) is 18.2 Å². The Hall–Kier alpha value is -1.70. The van der Waals surface area contributed by atoms with Crippen molar-refractivity contribution in [3.63, 3.8) is 0 Å². The average molecular weight is 372 g/mol. The van der Waals surface area contributed by atoms with Crippen molar-refractivity contribution in [2.75, 3.05) is 18.8 Å². The minimum Gasteiger partial charge on any atom is -0.331 e. The third-order valence-corrected chi connectivity index (χ3v) is 8.12. The molecule has 1 N–H and O–H groups in total. The van der Waals surface area contributed by atoms with Gasteiger partial charge < -0.3 is 10.2 Å². The molecule has 1 aromatic rings. The highest BCUT2D eigenvalue weighted by Gasteiger charge is 2.49. The van der Waals surface area contributed by atoms with Crippen LogP contribution in [0.3, 0.4) is 0 Å². The Morgan fingerprint density at radius 2 is 1.96 bits per heavy atom. The molecule has 2 fully saturated rings. The van der Waals surface area contributed by atoms with Crippen molar-refractivity contribution in [3.8, 4) is 0 Å². The van der Waals surface area contributed by atoms with Gasteiger partial charge in [0.2, 0.25) is 0 Å². The Morgan fingerprint density at radius 1 is 1.24 bits per heavy atom. The molecule has 5 nitrogen and oxygen atoms in total. The van der Waals surface area contributed by atoms with Crippen molar-refractivity contribution < 1.29 is 22.0 Å². The number of halogens is 2. The maximum Gasteiger partial charge on any atom is 0.317 e. The highest BCUT2D eigenvalue weighted by atomic mass is 32.2. The Bertz CT molecular complexity index is 778. The summed E-state index contributed by atoms with van der Waals surface area (Å²) < 4.78 is 51.4. The molecule has 138 valence electrons. The van der Waals surface area contributed by atoms with Crippen molar-refractivity contribution in [1.82, 2.24) is 10.2 Å². The van der Waals surface area contributed by atoms with Crippen molar-refractivity contribution >= 4 is 15.9 Å². The number of sulfone groups is 1. The van der Waals surface area contributed by atoms with Gasteiger partial charge in [-0.25, -0.2) is 22.0 Å². The van der Waals surface area contributed by atoms with Gasteiger partial charge in [0.25, 0.3) is 0 Å². The van der Waals surface area contributed by atoms with E-state index in [4.69, 9.17) is 0 Å². The monoisotopic (exact) mass is 372 g/mol. The van der Waals surface area contributed by atoms with Crippen molar-refractivity contribution in [3.05, 3.63) is 35.4 Å². The van der Waals surface area contributed by atoms with Gasteiger partial charge in [0, 0.05) is 18.7 Å². The molecule has 0 bridgehead atoms. The fraction of sp³-hybridized carbons (Fsp3) is 0.588. The standard InChI is InChI=1S/C17H22F2N2O3S/c1-12(13-4-2-5-14(18)15(13)19)20-16(22)21-9-8-17(6-3-7-17)25(23,24)11-10-21/h2,4-5,12H,3,6-11H2,1H3,(H,20,22). The van der Waals surface area contributed by atoms with E-state index in [1.54, 1.807) is 6.92 Å². The van der Waals surface area contributed by atoms with E-state index in [9.17, 15) is 22.0 Å². The summed E-state index contributed by atoms with van der Waals surface area (Å²) in [7, 11) is -3.21. The molecule has 2 amide bonds. The second-order valence-corrected chi connectivity index (χ2v) is 9.41. The second-order valence-electron chi connectivity index (χ2n) is 6.91. The number of nitrogens with one attached hydrogen (secondary N) is 1. The van der Waals surface area contributed by atoms with Gasteiger partial charge in [0.15, 0.2) is 21.5 Å². The van der Waals surface area contributed by atoms with Crippen molar-refractivity contribution in [2.24, 2.45) is 0 Å². The van der Waals surface area contributed by atoms with Crippen molar-refractivity contribution in [1.29, 1.82) is 0 Å².